The van der Waals surface area contributed by atoms with E-state index in [0.29, 0.717) is 5.52 Å². The summed E-state index contributed by atoms with van der Waals surface area (Å²) in [6, 6.07) is 3.69. The van der Waals surface area contributed by atoms with Gasteiger partial charge in [0, 0.05) is 12.1 Å². The Bertz CT molecular complexity index is 655. The molecule has 1 heterocycles. The van der Waals surface area contributed by atoms with E-state index in [-0.39, 0.29) is 11.1 Å². The topological polar surface area (TPSA) is 109 Å². The van der Waals surface area contributed by atoms with E-state index in [1.165, 1.54) is 12.1 Å². The number of aromatic amines is 2. The predicted molar refractivity (Wildman–Crippen MR) is 51.8 cm³/mol. The lowest BCUT2D eigenvalue weighted by atomic mass is 10.2. The molecular weight excluding hydrogens is 202 g/mol. The maximum Gasteiger partial charge on any atom is 0.310 e. The van der Waals surface area contributed by atoms with Gasteiger partial charge in [0.15, 0.2) is 0 Å². The first-order valence-electron chi connectivity index (χ1n) is 3.99. The van der Waals surface area contributed by atoms with E-state index in [1.807, 2.05) is 0 Å². The molecule has 7 heteroatoms. The molecule has 0 fully saturated rings. The minimum atomic E-state index is -0.831. The highest BCUT2D eigenvalue weighted by Gasteiger charge is 2.09. The average molecular weight is 207 g/mol. The fraction of sp³-hybridized carbons (Fsp3) is 0. The third kappa shape index (κ3) is 1.39. The van der Waals surface area contributed by atoms with E-state index in [9.17, 15) is 19.7 Å². The summed E-state index contributed by atoms with van der Waals surface area (Å²) in [5.74, 6) is 0. The lowest BCUT2D eigenvalue weighted by Gasteiger charge is -1.95. The molecule has 0 atom stereocenters. The number of H-pyrrole nitrogens is 2. The van der Waals surface area contributed by atoms with Crippen LogP contribution < -0.4 is 11.0 Å². The molecule has 1 aromatic heterocycles. The van der Waals surface area contributed by atoms with Crippen molar-refractivity contribution in [2.45, 2.75) is 0 Å². The largest absolute Gasteiger partial charge is 0.310 e. The van der Waals surface area contributed by atoms with E-state index < -0.39 is 15.9 Å². The molecule has 0 aliphatic heterocycles. The number of rotatable bonds is 1. The molecule has 0 amide bonds. The van der Waals surface area contributed by atoms with Crippen molar-refractivity contribution in [1.82, 2.24) is 10.2 Å². The van der Waals surface area contributed by atoms with Crippen LogP contribution in [0.15, 0.2) is 27.8 Å². The van der Waals surface area contributed by atoms with Gasteiger partial charge in [-0.05, 0) is 6.07 Å². The number of nitrogens with one attached hydrogen (secondary N) is 2. The standard InChI is InChI=1S/C8H5N3O4/c12-7-5-3-4(11(14)15)1-2-6(5)9-10-8(7)13/h1-3H,(H,9,12)(H,10,13). The van der Waals surface area contributed by atoms with Crippen molar-refractivity contribution in [3.05, 3.63) is 48.9 Å². The highest BCUT2D eigenvalue weighted by molar-refractivity contribution is 5.79. The van der Waals surface area contributed by atoms with E-state index in [1.54, 1.807) is 0 Å². The number of aromatic nitrogens is 2. The lowest BCUT2D eigenvalue weighted by Crippen LogP contribution is -2.27. The molecule has 0 spiro atoms. The Morgan fingerprint density at radius 2 is 1.93 bits per heavy atom. The van der Waals surface area contributed by atoms with Gasteiger partial charge in [0.1, 0.15) is 0 Å². The highest BCUT2D eigenvalue weighted by Crippen LogP contribution is 2.14. The zero-order valence-electron chi connectivity index (χ0n) is 7.31. The molecule has 0 bridgehead atoms. The first kappa shape index (κ1) is 9.13. The number of benzene rings is 1. The van der Waals surface area contributed by atoms with Gasteiger partial charge in [-0.1, -0.05) is 0 Å². The van der Waals surface area contributed by atoms with Gasteiger partial charge >= 0.3 is 5.56 Å². The molecule has 1 aromatic carbocycles. The third-order valence-electron chi connectivity index (χ3n) is 1.98. The zero-order chi connectivity index (χ0) is 11.0. The average Bonchev–Trinajstić information content (AvgIpc) is 2.23. The molecular formula is C8H5N3O4. The van der Waals surface area contributed by atoms with Crippen molar-refractivity contribution in [3.8, 4) is 0 Å². The van der Waals surface area contributed by atoms with Gasteiger partial charge in [-0.25, -0.2) is 0 Å². The molecule has 15 heavy (non-hydrogen) atoms. The number of non-ortho nitro benzene ring substituents is 1. The second-order valence-electron chi connectivity index (χ2n) is 2.90. The molecule has 0 saturated heterocycles. The van der Waals surface area contributed by atoms with E-state index >= 15 is 0 Å². The Hall–Kier alpha value is -2.44. The summed E-state index contributed by atoms with van der Waals surface area (Å²) in [7, 11) is 0. The smallest absolute Gasteiger partial charge is 0.297 e. The van der Waals surface area contributed by atoms with Gasteiger partial charge in [0.05, 0.1) is 15.8 Å². The molecule has 0 radical (unpaired) electrons. The Morgan fingerprint density at radius 1 is 1.20 bits per heavy atom. The van der Waals surface area contributed by atoms with Gasteiger partial charge in [-0.3, -0.25) is 29.9 Å². The van der Waals surface area contributed by atoms with Crippen LogP contribution in [0.5, 0.6) is 0 Å². The Balaban J connectivity index is 2.91. The van der Waals surface area contributed by atoms with Crippen LogP contribution in [0.3, 0.4) is 0 Å². The molecule has 2 rings (SSSR count). The molecule has 7 nitrogen and oxygen atoms in total. The first-order chi connectivity index (χ1) is 7.09. The minimum absolute atomic E-state index is 0.00736. The number of fused-ring (bicyclic) bond motifs is 1. The SMILES string of the molecule is O=c1[nH][nH]c2ccc([N+](=O)[O-])cc2c1=O. The van der Waals surface area contributed by atoms with Crippen LogP contribution in [-0.2, 0) is 0 Å². The van der Waals surface area contributed by atoms with Crippen molar-refractivity contribution < 1.29 is 4.92 Å². The maximum absolute atomic E-state index is 11.3. The molecule has 0 unspecified atom stereocenters. The Labute approximate surface area is 81.5 Å². The zero-order valence-corrected chi connectivity index (χ0v) is 7.31. The van der Waals surface area contributed by atoms with Gasteiger partial charge in [-0.15, -0.1) is 0 Å². The summed E-state index contributed by atoms with van der Waals surface area (Å²) in [4.78, 5) is 32.1. The van der Waals surface area contributed by atoms with Gasteiger partial charge in [0.25, 0.3) is 11.1 Å². The maximum atomic E-state index is 11.3. The second kappa shape index (κ2) is 3.05. The third-order valence-corrected chi connectivity index (χ3v) is 1.98. The normalized spacial score (nSPS) is 10.4. The minimum Gasteiger partial charge on any atom is -0.297 e. The van der Waals surface area contributed by atoms with Gasteiger partial charge in [0.2, 0.25) is 0 Å². The number of hydrogen-bond acceptors (Lipinski definition) is 4. The van der Waals surface area contributed by atoms with Crippen molar-refractivity contribution in [2.24, 2.45) is 0 Å². The van der Waals surface area contributed by atoms with Crippen LogP contribution in [0, 0.1) is 10.1 Å². The summed E-state index contributed by atoms with van der Waals surface area (Å²) in [6.07, 6.45) is 0. The van der Waals surface area contributed by atoms with Crippen LogP contribution in [0.25, 0.3) is 10.9 Å². The first-order valence-corrected chi connectivity index (χ1v) is 3.99. The van der Waals surface area contributed by atoms with Gasteiger partial charge < -0.3 is 0 Å². The molecule has 0 aliphatic rings. The van der Waals surface area contributed by atoms with Crippen molar-refractivity contribution in [1.29, 1.82) is 0 Å². The van der Waals surface area contributed by atoms with E-state index in [2.05, 4.69) is 10.2 Å². The van der Waals surface area contributed by atoms with Crippen LogP contribution >= 0.6 is 0 Å². The molecule has 0 saturated carbocycles. The quantitative estimate of drug-likeness (QED) is 0.393. The fourth-order valence-corrected chi connectivity index (χ4v) is 1.25. The van der Waals surface area contributed by atoms with E-state index in [0.717, 1.165) is 6.07 Å². The van der Waals surface area contributed by atoms with Crippen LogP contribution in [-0.4, -0.2) is 15.1 Å². The van der Waals surface area contributed by atoms with Crippen molar-refractivity contribution >= 4 is 16.6 Å². The highest BCUT2D eigenvalue weighted by atomic mass is 16.6. The molecule has 0 aliphatic carbocycles. The number of nitro benzene ring substituents is 1. The van der Waals surface area contributed by atoms with Crippen LogP contribution in [0.2, 0.25) is 0 Å². The number of hydrogen-bond donors (Lipinski definition) is 2. The summed E-state index contributed by atoms with van der Waals surface area (Å²) < 4.78 is 0. The number of nitrogens with zero attached hydrogens (tertiary/aromatic N) is 1. The molecule has 76 valence electrons. The fourth-order valence-electron chi connectivity index (χ4n) is 1.25. The monoisotopic (exact) mass is 207 g/mol. The van der Waals surface area contributed by atoms with Crippen LogP contribution in [0.1, 0.15) is 0 Å². The van der Waals surface area contributed by atoms with Gasteiger partial charge in [-0.2, -0.15) is 0 Å². The lowest BCUT2D eigenvalue weighted by molar-refractivity contribution is -0.384. The number of nitro groups is 1. The summed E-state index contributed by atoms with van der Waals surface area (Å²) in [5.41, 5.74) is -1.49. The molecule has 2 aromatic rings. The Morgan fingerprint density at radius 3 is 2.60 bits per heavy atom. The molecule has 2 N–H and O–H groups in total. The Kier molecular flexibility index (Phi) is 1.86. The predicted octanol–water partition coefficient (Wildman–Crippen LogP) is 0.125. The summed E-state index contributed by atoms with van der Waals surface area (Å²) in [6.45, 7) is 0. The van der Waals surface area contributed by atoms with Crippen molar-refractivity contribution in [3.63, 3.8) is 0 Å². The summed E-state index contributed by atoms with van der Waals surface area (Å²) >= 11 is 0. The summed E-state index contributed by atoms with van der Waals surface area (Å²) in [5, 5.41) is 15.0. The van der Waals surface area contributed by atoms with E-state index in [4.69, 9.17) is 0 Å². The van der Waals surface area contributed by atoms with Crippen LogP contribution in [0.4, 0.5) is 5.69 Å². The van der Waals surface area contributed by atoms with Crippen molar-refractivity contribution in [2.75, 3.05) is 0 Å². The second-order valence-corrected chi connectivity index (χ2v) is 2.90.